The fraction of sp³-hybridized carbons (Fsp3) is 0.429. The van der Waals surface area contributed by atoms with E-state index < -0.39 is 0 Å². The minimum Gasteiger partial charge on any atom is -0.375 e. The summed E-state index contributed by atoms with van der Waals surface area (Å²) < 4.78 is 0. The summed E-state index contributed by atoms with van der Waals surface area (Å²) in [4.78, 5) is 24.3. The maximum absolute atomic E-state index is 11.3. The highest BCUT2D eigenvalue weighted by molar-refractivity contribution is 5.99. The van der Waals surface area contributed by atoms with Gasteiger partial charge in [0.1, 0.15) is 5.78 Å². The summed E-state index contributed by atoms with van der Waals surface area (Å²) >= 11 is 0. The van der Waals surface area contributed by atoms with Gasteiger partial charge >= 0.3 is 0 Å². The van der Waals surface area contributed by atoms with Crippen LogP contribution in [0.15, 0.2) is 18.2 Å². The Bertz CT molecular complexity index is 483. The first-order valence-electron chi connectivity index (χ1n) is 6.19. The molecule has 0 fully saturated rings. The molecular formula is C14H18N2O2. The summed E-state index contributed by atoms with van der Waals surface area (Å²) in [6.07, 6.45) is 1.94. The van der Waals surface area contributed by atoms with Crippen LogP contribution in [0.1, 0.15) is 25.3 Å². The van der Waals surface area contributed by atoms with Crippen LogP contribution in [0.2, 0.25) is 0 Å². The highest BCUT2D eigenvalue weighted by Gasteiger charge is 2.18. The lowest BCUT2D eigenvalue weighted by Crippen LogP contribution is -2.19. The topological polar surface area (TPSA) is 49.4 Å². The summed E-state index contributed by atoms with van der Waals surface area (Å²) in [5, 5.41) is 2.82. The quantitative estimate of drug-likeness (QED) is 0.864. The van der Waals surface area contributed by atoms with E-state index >= 15 is 0 Å². The van der Waals surface area contributed by atoms with Crippen molar-refractivity contribution in [2.75, 3.05) is 23.8 Å². The van der Waals surface area contributed by atoms with Gasteiger partial charge in [0.2, 0.25) is 5.91 Å². The predicted octanol–water partition coefficient (Wildman–Crippen LogP) is 1.99. The minimum atomic E-state index is 0.0568. The van der Waals surface area contributed by atoms with E-state index in [1.165, 1.54) is 0 Å². The average Bonchev–Trinajstić information content (AvgIpc) is 2.67. The van der Waals surface area contributed by atoms with Crippen molar-refractivity contribution in [3.63, 3.8) is 0 Å². The van der Waals surface area contributed by atoms with Crippen molar-refractivity contribution in [1.82, 2.24) is 0 Å². The molecule has 1 aromatic carbocycles. The number of ketones is 1. The van der Waals surface area contributed by atoms with Crippen LogP contribution in [0, 0.1) is 0 Å². The molecule has 0 saturated carbocycles. The number of nitrogens with zero attached hydrogens (tertiary/aromatic N) is 1. The van der Waals surface area contributed by atoms with Gasteiger partial charge in [0.15, 0.2) is 0 Å². The Hall–Kier alpha value is -1.84. The van der Waals surface area contributed by atoms with Crippen molar-refractivity contribution in [3.05, 3.63) is 23.8 Å². The molecule has 96 valence electrons. The van der Waals surface area contributed by atoms with Gasteiger partial charge in [-0.05, 0) is 37.1 Å². The van der Waals surface area contributed by atoms with E-state index in [-0.39, 0.29) is 11.7 Å². The Kier molecular flexibility index (Phi) is 3.65. The second kappa shape index (κ2) is 5.21. The lowest BCUT2D eigenvalue weighted by Gasteiger charge is -2.19. The smallest absolute Gasteiger partial charge is 0.228 e. The van der Waals surface area contributed by atoms with Crippen LogP contribution < -0.4 is 10.2 Å². The van der Waals surface area contributed by atoms with Crippen molar-refractivity contribution < 1.29 is 9.59 Å². The number of rotatable bonds is 5. The van der Waals surface area contributed by atoms with Gasteiger partial charge in [-0.15, -0.1) is 0 Å². The number of amides is 1. The van der Waals surface area contributed by atoms with Crippen molar-refractivity contribution >= 4 is 23.1 Å². The van der Waals surface area contributed by atoms with E-state index in [2.05, 4.69) is 10.2 Å². The van der Waals surface area contributed by atoms with Crippen molar-refractivity contribution in [1.29, 1.82) is 0 Å². The van der Waals surface area contributed by atoms with Gasteiger partial charge in [0.05, 0.1) is 6.42 Å². The maximum Gasteiger partial charge on any atom is 0.228 e. The second-order valence-electron chi connectivity index (χ2n) is 4.79. The molecule has 0 aromatic heterocycles. The molecule has 0 radical (unpaired) electrons. The van der Waals surface area contributed by atoms with Gasteiger partial charge in [-0.2, -0.15) is 0 Å². The molecule has 4 nitrogen and oxygen atoms in total. The first-order chi connectivity index (χ1) is 8.56. The molecule has 1 aliphatic rings. The van der Waals surface area contributed by atoms with Gasteiger partial charge in [0, 0.05) is 31.4 Å². The molecule has 0 saturated heterocycles. The van der Waals surface area contributed by atoms with E-state index in [0.29, 0.717) is 12.8 Å². The number of hydrogen-bond acceptors (Lipinski definition) is 3. The van der Waals surface area contributed by atoms with Gasteiger partial charge in [-0.3, -0.25) is 4.79 Å². The van der Waals surface area contributed by atoms with E-state index in [9.17, 15) is 9.59 Å². The van der Waals surface area contributed by atoms with E-state index in [1.54, 1.807) is 6.92 Å². The molecule has 1 heterocycles. The predicted molar refractivity (Wildman–Crippen MR) is 72.0 cm³/mol. The second-order valence-corrected chi connectivity index (χ2v) is 4.79. The molecule has 1 amide bonds. The molecule has 0 aliphatic carbocycles. The van der Waals surface area contributed by atoms with Crippen molar-refractivity contribution in [2.24, 2.45) is 0 Å². The van der Waals surface area contributed by atoms with Crippen molar-refractivity contribution in [2.45, 2.75) is 26.2 Å². The van der Waals surface area contributed by atoms with Crippen LogP contribution >= 0.6 is 0 Å². The number of hydrogen-bond donors (Lipinski definition) is 1. The molecule has 1 N–H and O–H groups in total. The van der Waals surface area contributed by atoms with Crippen LogP contribution in [0.25, 0.3) is 0 Å². The van der Waals surface area contributed by atoms with E-state index in [0.717, 1.165) is 29.9 Å². The standard InChI is InChI=1S/C14H18N2O2/c1-10(17)4-3-7-16(2)12-5-6-13-11(8-12)9-14(18)15-13/h5-6,8H,3-4,7,9H2,1-2H3,(H,15,18). The SMILES string of the molecule is CC(=O)CCCN(C)c1ccc2c(c1)CC(=O)N2. The minimum absolute atomic E-state index is 0.0568. The summed E-state index contributed by atoms with van der Waals surface area (Å²) in [5.41, 5.74) is 3.06. The number of anilines is 2. The molecule has 4 heteroatoms. The average molecular weight is 246 g/mol. The van der Waals surface area contributed by atoms with E-state index in [4.69, 9.17) is 0 Å². The van der Waals surface area contributed by atoms with Gasteiger partial charge in [-0.1, -0.05) is 0 Å². The Morgan fingerprint density at radius 1 is 1.44 bits per heavy atom. The fourth-order valence-corrected chi connectivity index (χ4v) is 2.15. The Morgan fingerprint density at radius 3 is 2.94 bits per heavy atom. The van der Waals surface area contributed by atoms with Gasteiger partial charge in [0.25, 0.3) is 0 Å². The molecule has 0 unspecified atom stereocenters. The van der Waals surface area contributed by atoms with Gasteiger partial charge in [-0.25, -0.2) is 0 Å². The lowest BCUT2D eigenvalue weighted by atomic mass is 10.1. The largest absolute Gasteiger partial charge is 0.375 e. The van der Waals surface area contributed by atoms with Crippen LogP contribution in [0.3, 0.4) is 0 Å². The highest BCUT2D eigenvalue weighted by Crippen LogP contribution is 2.27. The summed E-state index contributed by atoms with van der Waals surface area (Å²) in [6, 6.07) is 5.98. The zero-order valence-electron chi connectivity index (χ0n) is 10.8. The fourth-order valence-electron chi connectivity index (χ4n) is 2.15. The van der Waals surface area contributed by atoms with E-state index in [1.807, 2.05) is 25.2 Å². The molecular weight excluding hydrogens is 228 g/mol. The van der Waals surface area contributed by atoms with Gasteiger partial charge < -0.3 is 15.0 Å². The van der Waals surface area contributed by atoms with Crippen molar-refractivity contribution in [3.8, 4) is 0 Å². The van der Waals surface area contributed by atoms with Crippen LogP contribution in [0.4, 0.5) is 11.4 Å². The Labute approximate surface area is 107 Å². The normalized spacial score (nSPS) is 13.1. The number of fused-ring (bicyclic) bond motifs is 1. The number of carbonyl (C=O) groups excluding carboxylic acids is 2. The molecule has 0 atom stereocenters. The number of carbonyl (C=O) groups is 2. The summed E-state index contributed by atoms with van der Waals surface area (Å²) in [5.74, 6) is 0.286. The summed E-state index contributed by atoms with van der Waals surface area (Å²) in [6.45, 7) is 2.46. The maximum atomic E-state index is 11.3. The number of nitrogens with one attached hydrogen (secondary N) is 1. The highest BCUT2D eigenvalue weighted by atomic mass is 16.1. The summed E-state index contributed by atoms with van der Waals surface area (Å²) in [7, 11) is 2.01. The molecule has 18 heavy (non-hydrogen) atoms. The number of Topliss-reactive ketones (excluding diaryl/α,β-unsaturated/α-hetero) is 1. The lowest BCUT2D eigenvalue weighted by molar-refractivity contribution is -0.117. The molecule has 1 aromatic rings. The first kappa shape index (κ1) is 12.6. The monoisotopic (exact) mass is 246 g/mol. The molecule has 0 spiro atoms. The molecule has 2 rings (SSSR count). The van der Waals surface area contributed by atoms with Crippen LogP contribution in [0.5, 0.6) is 0 Å². The van der Waals surface area contributed by atoms with Crippen LogP contribution in [-0.2, 0) is 16.0 Å². The first-order valence-corrected chi connectivity index (χ1v) is 6.19. The third-order valence-electron chi connectivity index (χ3n) is 3.18. The van der Waals surface area contributed by atoms with Crippen LogP contribution in [-0.4, -0.2) is 25.3 Å². The third kappa shape index (κ3) is 2.88. The zero-order chi connectivity index (χ0) is 13.1. The molecule has 1 aliphatic heterocycles. The third-order valence-corrected chi connectivity index (χ3v) is 3.18. The Balaban J connectivity index is 1.99. The zero-order valence-corrected chi connectivity index (χ0v) is 10.8. The molecule has 0 bridgehead atoms. The Morgan fingerprint density at radius 2 is 2.22 bits per heavy atom. The number of benzene rings is 1.